The molecule has 1 aromatic heterocycles. The molecule has 4 aromatic rings. The second-order valence-electron chi connectivity index (χ2n) is 13.2. The van der Waals surface area contributed by atoms with Crippen molar-refractivity contribution < 1.29 is 24.2 Å². The summed E-state index contributed by atoms with van der Waals surface area (Å²) in [5, 5.41) is 23.1. The Morgan fingerprint density at radius 2 is 1.76 bits per heavy atom. The summed E-state index contributed by atoms with van der Waals surface area (Å²) >= 11 is 0. The van der Waals surface area contributed by atoms with Crippen LogP contribution >= 0.6 is 0 Å². The van der Waals surface area contributed by atoms with Gasteiger partial charge in [0.2, 0.25) is 5.91 Å². The number of phenols is 1. The van der Waals surface area contributed by atoms with Crippen molar-refractivity contribution in [2.45, 2.75) is 52.3 Å². The lowest BCUT2D eigenvalue weighted by Gasteiger charge is -2.43. The number of ether oxygens (including phenoxy) is 1. The molecule has 50 heavy (non-hydrogen) atoms. The molecule has 258 valence electrons. The quantitative estimate of drug-likeness (QED) is 0.183. The highest BCUT2D eigenvalue weighted by Crippen LogP contribution is 2.30. The summed E-state index contributed by atoms with van der Waals surface area (Å²) in [6.07, 6.45) is 0.872. The Labute approximate surface area is 292 Å². The third-order valence-corrected chi connectivity index (χ3v) is 8.10. The number of phenolic OH excluding ortho intramolecular Hbond substituents is 1. The first-order valence-electron chi connectivity index (χ1n) is 16.3. The van der Waals surface area contributed by atoms with E-state index in [1.165, 1.54) is 4.90 Å². The number of alkyl carbamates (subject to hydrolysis) is 1. The van der Waals surface area contributed by atoms with Gasteiger partial charge in [-0.3, -0.25) is 14.7 Å². The Balaban J connectivity index is 1.34. The predicted octanol–water partition coefficient (Wildman–Crippen LogP) is 5.74. The molecule has 1 aliphatic rings. The van der Waals surface area contributed by atoms with Gasteiger partial charge >= 0.3 is 6.09 Å². The van der Waals surface area contributed by atoms with Gasteiger partial charge in [0, 0.05) is 42.1 Å². The zero-order chi connectivity index (χ0) is 36.0. The van der Waals surface area contributed by atoms with Crippen LogP contribution in [0, 0.1) is 18.8 Å². The molecule has 2 heterocycles. The summed E-state index contributed by atoms with van der Waals surface area (Å²) < 4.78 is 5.47. The van der Waals surface area contributed by atoms with Crippen LogP contribution in [0.1, 0.15) is 56.0 Å². The van der Waals surface area contributed by atoms with E-state index in [-0.39, 0.29) is 24.7 Å². The van der Waals surface area contributed by atoms with Gasteiger partial charge in [-0.25, -0.2) is 4.79 Å². The van der Waals surface area contributed by atoms with Crippen molar-refractivity contribution >= 4 is 23.6 Å². The Morgan fingerprint density at radius 1 is 1.04 bits per heavy atom. The van der Waals surface area contributed by atoms with E-state index in [1.807, 2.05) is 36.9 Å². The zero-order valence-corrected chi connectivity index (χ0v) is 28.9. The smallest absolute Gasteiger partial charge is 0.408 e. The number of allylic oxidation sites excluding steroid dienone is 1. The van der Waals surface area contributed by atoms with E-state index in [9.17, 15) is 19.5 Å². The van der Waals surface area contributed by atoms with E-state index in [4.69, 9.17) is 4.74 Å². The monoisotopic (exact) mass is 674 g/mol. The van der Waals surface area contributed by atoms with Crippen molar-refractivity contribution in [1.82, 2.24) is 25.3 Å². The zero-order valence-electron chi connectivity index (χ0n) is 28.9. The normalized spacial score (nSPS) is 14.9. The number of anilines is 1. The summed E-state index contributed by atoms with van der Waals surface area (Å²) in [5.74, 6) is 5.55. The van der Waals surface area contributed by atoms with Crippen molar-refractivity contribution in [3.63, 3.8) is 0 Å². The third-order valence-electron chi connectivity index (χ3n) is 8.10. The van der Waals surface area contributed by atoms with Crippen molar-refractivity contribution in [3.05, 3.63) is 114 Å². The molecule has 0 unspecified atom stereocenters. The van der Waals surface area contributed by atoms with Gasteiger partial charge in [-0.15, -0.1) is 0 Å². The number of hydrogen-bond donors (Lipinski definition) is 4. The summed E-state index contributed by atoms with van der Waals surface area (Å²) in [7, 11) is 0. The highest BCUT2D eigenvalue weighted by molar-refractivity contribution is 5.99. The van der Waals surface area contributed by atoms with Gasteiger partial charge < -0.3 is 30.3 Å². The van der Waals surface area contributed by atoms with E-state index >= 15 is 0 Å². The minimum atomic E-state index is -1.07. The molecule has 0 aliphatic carbocycles. The van der Waals surface area contributed by atoms with E-state index in [2.05, 4.69) is 39.3 Å². The third kappa shape index (κ3) is 8.71. The van der Waals surface area contributed by atoms with Gasteiger partial charge in [-0.2, -0.15) is 5.10 Å². The Hall–Kier alpha value is -6.02. The van der Waals surface area contributed by atoms with Crippen LogP contribution in [-0.4, -0.2) is 74.3 Å². The van der Waals surface area contributed by atoms with Gasteiger partial charge in [0.15, 0.2) is 0 Å². The van der Waals surface area contributed by atoms with Crippen molar-refractivity contribution in [3.8, 4) is 28.8 Å². The SMILES string of the molecule is C=C(C)N1CCN(C(=O)[C@H](NC(=O)OC(C)(C)C)c2ccccc2)[C@H](C(=O)Nc2ccc(C#Cc3cn[nH]c3-c3cc(C)ccc3O)cc2)C1. The average molecular weight is 675 g/mol. The Morgan fingerprint density at radius 3 is 2.44 bits per heavy atom. The Bertz CT molecular complexity index is 1940. The number of piperazine rings is 1. The lowest BCUT2D eigenvalue weighted by atomic mass is 10.0. The lowest BCUT2D eigenvalue weighted by Crippen LogP contribution is -2.61. The molecule has 3 aromatic carbocycles. The van der Waals surface area contributed by atoms with Gasteiger partial charge in [0.25, 0.3) is 5.91 Å². The molecular formula is C39H42N6O5. The average Bonchev–Trinajstić information content (AvgIpc) is 3.55. The van der Waals surface area contributed by atoms with Gasteiger partial charge in [-0.05, 0) is 76.6 Å². The van der Waals surface area contributed by atoms with Crippen LogP contribution in [0.4, 0.5) is 10.5 Å². The van der Waals surface area contributed by atoms with Crippen LogP contribution in [0.3, 0.4) is 0 Å². The molecule has 0 radical (unpaired) electrons. The fourth-order valence-corrected chi connectivity index (χ4v) is 5.58. The maximum atomic E-state index is 14.2. The number of H-pyrrole nitrogens is 1. The largest absolute Gasteiger partial charge is 0.507 e. The van der Waals surface area contributed by atoms with E-state index < -0.39 is 29.7 Å². The molecular weight excluding hydrogens is 632 g/mol. The molecule has 1 fully saturated rings. The number of carbonyl (C=O) groups is 3. The number of aromatic nitrogens is 2. The molecule has 11 heteroatoms. The Kier molecular flexibility index (Phi) is 10.6. The number of hydrogen-bond acceptors (Lipinski definition) is 7. The lowest BCUT2D eigenvalue weighted by molar-refractivity contribution is -0.143. The molecule has 5 rings (SSSR count). The molecule has 3 amide bonds. The summed E-state index contributed by atoms with van der Waals surface area (Å²) in [6.45, 7) is 14.0. The number of carbonyl (C=O) groups excluding carboxylic acids is 3. The highest BCUT2D eigenvalue weighted by Gasteiger charge is 2.39. The second kappa shape index (κ2) is 15.0. The second-order valence-corrected chi connectivity index (χ2v) is 13.2. The number of benzene rings is 3. The summed E-state index contributed by atoms with van der Waals surface area (Å²) in [6, 6.07) is 19.3. The van der Waals surface area contributed by atoms with E-state index in [0.717, 1.165) is 11.3 Å². The van der Waals surface area contributed by atoms with Gasteiger partial charge in [-0.1, -0.05) is 60.4 Å². The number of amides is 3. The van der Waals surface area contributed by atoms with Gasteiger partial charge in [0.1, 0.15) is 23.4 Å². The number of rotatable bonds is 7. The minimum Gasteiger partial charge on any atom is -0.507 e. The first kappa shape index (κ1) is 35.3. The number of nitrogens with zero attached hydrogens (tertiary/aromatic N) is 3. The number of aromatic hydroxyl groups is 1. The van der Waals surface area contributed by atoms with Crippen LogP contribution in [0.2, 0.25) is 0 Å². The van der Waals surface area contributed by atoms with Crippen molar-refractivity contribution in [2.24, 2.45) is 0 Å². The van der Waals surface area contributed by atoms with Crippen LogP contribution in [0.25, 0.3) is 11.3 Å². The molecule has 4 N–H and O–H groups in total. The molecule has 11 nitrogen and oxygen atoms in total. The maximum Gasteiger partial charge on any atom is 0.408 e. The van der Waals surface area contributed by atoms with Crippen LogP contribution < -0.4 is 10.6 Å². The van der Waals surface area contributed by atoms with Gasteiger partial charge in [0.05, 0.1) is 17.5 Å². The number of nitrogens with one attached hydrogen (secondary N) is 3. The molecule has 0 bridgehead atoms. The fourth-order valence-electron chi connectivity index (χ4n) is 5.58. The topological polar surface area (TPSA) is 140 Å². The van der Waals surface area contributed by atoms with Crippen molar-refractivity contribution in [1.29, 1.82) is 0 Å². The summed E-state index contributed by atoms with van der Waals surface area (Å²) in [4.78, 5) is 44.4. The first-order chi connectivity index (χ1) is 23.8. The number of aromatic amines is 1. The molecule has 1 saturated heterocycles. The first-order valence-corrected chi connectivity index (χ1v) is 16.3. The van der Waals surface area contributed by atoms with Crippen molar-refractivity contribution in [2.75, 3.05) is 25.0 Å². The number of aryl methyl sites for hydroxylation is 1. The molecule has 0 saturated carbocycles. The molecule has 2 atom stereocenters. The fraction of sp³-hybridized carbons (Fsp3) is 0.282. The van der Waals surface area contributed by atoms with E-state index in [1.54, 1.807) is 81.6 Å². The van der Waals surface area contributed by atoms with Crippen LogP contribution in [0.15, 0.2) is 91.3 Å². The summed E-state index contributed by atoms with van der Waals surface area (Å²) in [5.41, 5.74) is 4.66. The maximum absolute atomic E-state index is 14.2. The standard InChI is InChI=1S/C39H42N6O5/c1-25(2)44-20-21-45(37(48)35(28-10-8-7-9-11-28)42-38(49)50-39(4,5)6)32(24-44)36(47)41-30-17-14-27(15-18-30)13-16-29-23-40-43-34(29)31-22-26(3)12-19-33(31)46/h7-12,14-15,17-19,22-23,32,35,46H,1,20-21,24H2,2-6H3,(H,40,43)(H,41,47)(H,42,49)/t32-,35+/m0/s1. The molecule has 1 aliphatic heterocycles. The predicted molar refractivity (Wildman–Crippen MR) is 192 cm³/mol. The minimum absolute atomic E-state index is 0.127. The van der Waals surface area contributed by atoms with Crippen LogP contribution in [-0.2, 0) is 14.3 Å². The van der Waals surface area contributed by atoms with E-state index in [0.29, 0.717) is 40.2 Å². The highest BCUT2D eigenvalue weighted by atomic mass is 16.6. The molecule has 0 spiro atoms. The van der Waals surface area contributed by atoms with Crippen LogP contribution in [0.5, 0.6) is 5.75 Å².